The third-order valence-corrected chi connectivity index (χ3v) is 8.28. The van der Waals surface area contributed by atoms with Gasteiger partial charge in [0.05, 0.1) is 23.3 Å². The summed E-state index contributed by atoms with van der Waals surface area (Å²) in [4.78, 5) is 34.2. The topological polar surface area (TPSA) is 91.6 Å². The van der Waals surface area contributed by atoms with Crippen LogP contribution in [0.1, 0.15) is 60.1 Å². The standard InChI is InChI=1S/C27H32F3N5O2/c28-27(29,30)19-5-3-4-18(16-19)25(37)33-17-24(36)35-15-10-21-22(35)9-14-34(21)20-7-11-26(31,12-8-20)23-6-1-2-13-32-23/h1-6,13,16,20-22H,7-12,14-15,17,31H2,(H,33,37). The number of nitrogens with two attached hydrogens (primary N) is 1. The fraction of sp³-hybridized carbons (Fsp3) is 0.519. The number of nitrogens with one attached hydrogen (secondary N) is 1. The Labute approximate surface area is 214 Å². The van der Waals surface area contributed by atoms with Crippen molar-refractivity contribution in [2.24, 2.45) is 5.73 Å². The van der Waals surface area contributed by atoms with Gasteiger partial charge in [0.1, 0.15) is 0 Å². The van der Waals surface area contributed by atoms with Gasteiger partial charge in [0.15, 0.2) is 0 Å². The molecule has 7 nitrogen and oxygen atoms in total. The summed E-state index contributed by atoms with van der Waals surface area (Å²) >= 11 is 0. The summed E-state index contributed by atoms with van der Waals surface area (Å²) in [7, 11) is 0. The monoisotopic (exact) mass is 515 g/mol. The molecule has 2 saturated heterocycles. The van der Waals surface area contributed by atoms with Gasteiger partial charge in [-0.25, -0.2) is 0 Å². The number of fused-ring (bicyclic) bond motifs is 1. The summed E-state index contributed by atoms with van der Waals surface area (Å²) in [6.07, 6.45) is 2.71. The molecule has 2 amide bonds. The number of carbonyl (C=O) groups is 2. The van der Waals surface area contributed by atoms with Crippen molar-refractivity contribution in [3.63, 3.8) is 0 Å². The Morgan fingerprint density at radius 1 is 1.03 bits per heavy atom. The number of hydrogen-bond donors (Lipinski definition) is 2. The van der Waals surface area contributed by atoms with Crippen molar-refractivity contribution >= 4 is 11.8 Å². The molecule has 0 spiro atoms. The molecule has 0 bridgehead atoms. The summed E-state index contributed by atoms with van der Waals surface area (Å²) in [5, 5.41) is 2.50. The summed E-state index contributed by atoms with van der Waals surface area (Å²) in [5.41, 5.74) is 6.25. The predicted molar refractivity (Wildman–Crippen MR) is 131 cm³/mol. The van der Waals surface area contributed by atoms with Crippen LogP contribution in [0.5, 0.6) is 0 Å². The van der Waals surface area contributed by atoms with Gasteiger partial charge in [-0.1, -0.05) is 12.1 Å². The van der Waals surface area contributed by atoms with Crippen molar-refractivity contribution in [2.75, 3.05) is 19.6 Å². The number of nitrogens with zero attached hydrogens (tertiary/aromatic N) is 3. The lowest BCUT2D eigenvalue weighted by Gasteiger charge is -2.42. The first kappa shape index (κ1) is 25.7. The van der Waals surface area contributed by atoms with Crippen LogP contribution in [0.25, 0.3) is 0 Å². The van der Waals surface area contributed by atoms with Crippen LogP contribution in [-0.4, -0.2) is 64.4 Å². The molecular formula is C27H32F3N5O2. The lowest BCUT2D eigenvalue weighted by atomic mass is 9.77. The second-order valence-electron chi connectivity index (χ2n) is 10.4. The second kappa shape index (κ2) is 10.1. The van der Waals surface area contributed by atoms with Crippen molar-refractivity contribution in [1.82, 2.24) is 20.1 Å². The highest BCUT2D eigenvalue weighted by atomic mass is 19.4. The molecule has 1 aromatic carbocycles. The van der Waals surface area contributed by atoms with Crippen LogP contribution in [0, 0.1) is 0 Å². The van der Waals surface area contributed by atoms with Gasteiger partial charge < -0.3 is 16.0 Å². The van der Waals surface area contributed by atoms with Gasteiger partial charge in [-0.3, -0.25) is 19.5 Å². The van der Waals surface area contributed by atoms with Crippen molar-refractivity contribution < 1.29 is 22.8 Å². The molecule has 37 heavy (non-hydrogen) atoms. The van der Waals surface area contributed by atoms with E-state index in [1.807, 2.05) is 23.1 Å². The van der Waals surface area contributed by atoms with E-state index in [-0.39, 0.29) is 30.1 Å². The molecule has 2 atom stereocenters. The molecule has 0 radical (unpaired) electrons. The molecule has 3 aliphatic rings. The average molecular weight is 516 g/mol. The van der Waals surface area contributed by atoms with E-state index in [1.54, 1.807) is 6.20 Å². The zero-order valence-electron chi connectivity index (χ0n) is 20.6. The van der Waals surface area contributed by atoms with Crippen molar-refractivity contribution in [1.29, 1.82) is 0 Å². The van der Waals surface area contributed by atoms with Crippen LogP contribution in [0.4, 0.5) is 13.2 Å². The van der Waals surface area contributed by atoms with Crippen LogP contribution in [0.3, 0.4) is 0 Å². The number of pyridine rings is 1. The van der Waals surface area contributed by atoms with Crippen molar-refractivity contribution in [3.05, 3.63) is 65.5 Å². The molecule has 3 fully saturated rings. The number of amides is 2. The van der Waals surface area contributed by atoms with E-state index >= 15 is 0 Å². The summed E-state index contributed by atoms with van der Waals surface area (Å²) in [6, 6.07) is 10.9. The predicted octanol–water partition coefficient (Wildman–Crippen LogP) is 3.30. The Morgan fingerprint density at radius 3 is 2.49 bits per heavy atom. The van der Waals surface area contributed by atoms with Gasteiger partial charge in [-0.2, -0.15) is 13.2 Å². The van der Waals surface area contributed by atoms with Gasteiger partial charge in [0.25, 0.3) is 5.91 Å². The highest BCUT2D eigenvalue weighted by Gasteiger charge is 2.47. The van der Waals surface area contributed by atoms with E-state index in [2.05, 4.69) is 15.2 Å². The third kappa shape index (κ3) is 5.22. The minimum Gasteiger partial charge on any atom is -0.343 e. The van der Waals surface area contributed by atoms with Gasteiger partial charge in [-0.05, 0) is 68.9 Å². The molecule has 5 rings (SSSR count). The van der Waals surface area contributed by atoms with Gasteiger partial charge in [0.2, 0.25) is 5.91 Å². The van der Waals surface area contributed by atoms with Crippen LogP contribution in [0.15, 0.2) is 48.7 Å². The molecule has 2 aliphatic heterocycles. The van der Waals surface area contributed by atoms with E-state index in [0.717, 1.165) is 62.9 Å². The maximum Gasteiger partial charge on any atom is 0.416 e. The number of hydrogen-bond acceptors (Lipinski definition) is 5. The van der Waals surface area contributed by atoms with E-state index in [0.29, 0.717) is 12.6 Å². The molecule has 1 aromatic heterocycles. The van der Waals surface area contributed by atoms with Gasteiger partial charge in [-0.15, -0.1) is 0 Å². The zero-order valence-corrected chi connectivity index (χ0v) is 20.6. The maximum atomic E-state index is 13.0. The first-order chi connectivity index (χ1) is 17.7. The fourth-order valence-corrected chi connectivity index (χ4v) is 6.34. The molecule has 2 unspecified atom stereocenters. The minimum atomic E-state index is -4.53. The lowest BCUT2D eigenvalue weighted by Crippen LogP contribution is -2.49. The molecule has 1 saturated carbocycles. The first-order valence-electron chi connectivity index (χ1n) is 12.9. The Morgan fingerprint density at radius 2 is 1.78 bits per heavy atom. The number of rotatable bonds is 5. The van der Waals surface area contributed by atoms with Crippen molar-refractivity contribution in [3.8, 4) is 0 Å². The number of carbonyl (C=O) groups excluding carboxylic acids is 2. The highest BCUT2D eigenvalue weighted by molar-refractivity contribution is 5.96. The normalized spacial score (nSPS) is 28.2. The second-order valence-corrected chi connectivity index (χ2v) is 10.4. The fourth-order valence-electron chi connectivity index (χ4n) is 6.34. The summed E-state index contributed by atoms with van der Waals surface area (Å²) < 4.78 is 38.9. The van der Waals surface area contributed by atoms with Crippen molar-refractivity contribution in [2.45, 2.75) is 68.4 Å². The maximum absolute atomic E-state index is 13.0. The molecule has 1 aliphatic carbocycles. The van der Waals surface area contributed by atoms with Crippen LogP contribution >= 0.6 is 0 Å². The van der Waals surface area contributed by atoms with E-state index in [4.69, 9.17) is 5.73 Å². The number of alkyl halides is 3. The van der Waals surface area contributed by atoms with E-state index in [9.17, 15) is 22.8 Å². The number of likely N-dealkylation sites (tertiary alicyclic amines) is 2. The number of benzene rings is 1. The van der Waals surface area contributed by atoms with Gasteiger partial charge >= 0.3 is 6.18 Å². The quantitative estimate of drug-likeness (QED) is 0.638. The Balaban J connectivity index is 1.14. The molecular weight excluding hydrogens is 483 g/mol. The van der Waals surface area contributed by atoms with Crippen LogP contribution in [-0.2, 0) is 16.5 Å². The molecule has 198 valence electrons. The molecule has 3 heterocycles. The SMILES string of the molecule is NC1(c2ccccn2)CCC(N2CCC3C2CCN3C(=O)CNC(=O)c2cccc(C(F)(F)F)c2)CC1. The largest absolute Gasteiger partial charge is 0.416 e. The Kier molecular flexibility index (Phi) is 6.97. The third-order valence-electron chi connectivity index (χ3n) is 8.28. The van der Waals surface area contributed by atoms with E-state index < -0.39 is 23.2 Å². The van der Waals surface area contributed by atoms with Gasteiger partial charge in [0, 0.05) is 43.0 Å². The minimum absolute atomic E-state index is 0.0957. The molecule has 10 heteroatoms. The number of aromatic nitrogens is 1. The Bertz CT molecular complexity index is 1130. The Hall–Kier alpha value is -2.98. The smallest absolute Gasteiger partial charge is 0.343 e. The molecule has 3 N–H and O–H groups in total. The first-order valence-corrected chi connectivity index (χ1v) is 12.9. The van der Waals surface area contributed by atoms with Crippen LogP contribution in [0.2, 0.25) is 0 Å². The summed E-state index contributed by atoms with van der Waals surface area (Å²) in [6.45, 7) is 1.30. The molecule has 2 aromatic rings. The lowest BCUT2D eigenvalue weighted by molar-refractivity contribution is -0.137. The zero-order chi connectivity index (χ0) is 26.2. The highest BCUT2D eigenvalue weighted by Crippen LogP contribution is 2.40. The average Bonchev–Trinajstić information content (AvgIpc) is 3.50. The van der Waals surface area contributed by atoms with E-state index in [1.165, 1.54) is 12.1 Å². The van der Waals surface area contributed by atoms with Crippen LogP contribution < -0.4 is 11.1 Å². The number of halogens is 3. The summed E-state index contributed by atoms with van der Waals surface area (Å²) in [5.74, 6) is -0.891.